The van der Waals surface area contributed by atoms with E-state index in [2.05, 4.69) is 19.2 Å². The molecule has 0 aromatic heterocycles. The van der Waals surface area contributed by atoms with Gasteiger partial charge in [-0.2, -0.15) is 0 Å². The van der Waals surface area contributed by atoms with Crippen molar-refractivity contribution in [3.63, 3.8) is 0 Å². The van der Waals surface area contributed by atoms with Crippen LogP contribution in [0.4, 0.5) is 0 Å². The van der Waals surface area contributed by atoms with E-state index in [1.54, 1.807) is 7.11 Å². The van der Waals surface area contributed by atoms with Gasteiger partial charge in [0, 0.05) is 39.5 Å². The Hall–Kier alpha value is -0.120. The van der Waals surface area contributed by atoms with Crippen LogP contribution < -0.4 is 5.32 Å². The third-order valence-corrected chi connectivity index (χ3v) is 4.14. The normalized spacial score (nSPS) is 19.8. The van der Waals surface area contributed by atoms with Crippen molar-refractivity contribution in [2.45, 2.75) is 52.0 Å². The molecule has 3 nitrogen and oxygen atoms in total. The lowest BCUT2D eigenvalue weighted by Crippen LogP contribution is -2.43. The molecule has 0 unspecified atom stereocenters. The van der Waals surface area contributed by atoms with Crippen LogP contribution in [0.1, 0.15) is 46.0 Å². The van der Waals surface area contributed by atoms with Gasteiger partial charge < -0.3 is 14.8 Å². The molecule has 0 aliphatic carbocycles. The van der Waals surface area contributed by atoms with Crippen molar-refractivity contribution in [3.05, 3.63) is 0 Å². The summed E-state index contributed by atoms with van der Waals surface area (Å²) in [6, 6.07) is 0.664. The van der Waals surface area contributed by atoms with Crippen molar-refractivity contribution in [2.24, 2.45) is 5.41 Å². The molecule has 1 rings (SSSR count). The van der Waals surface area contributed by atoms with Gasteiger partial charge in [-0.1, -0.05) is 13.8 Å². The highest BCUT2D eigenvalue weighted by atomic mass is 16.5. The molecule has 0 atom stereocenters. The zero-order valence-electron chi connectivity index (χ0n) is 11.8. The number of ether oxygens (including phenoxy) is 2. The lowest BCUT2D eigenvalue weighted by molar-refractivity contribution is -0.00271. The lowest BCUT2D eigenvalue weighted by Gasteiger charge is -2.38. The first-order valence-corrected chi connectivity index (χ1v) is 7.06. The van der Waals surface area contributed by atoms with E-state index in [-0.39, 0.29) is 0 Å². The van der Waals surface area contributed by atoms with Crippen molar-refractivity contribution in [1.82, 2.24) is 5.32 Å². The molecule has 1 saturated heterocycles. The number of hydrogen-bond donors (Lipinski definition) is 1. The Balaban J connectivity index is 2.44. The maximum atomic E-state index is 5.50. The summed E-state index contributed by atoms with van der Waals surface area (Å²) in [4.78, 5) is 0. The zero-order valence-corrected chi connectivity index (χ0v) is 11.8. The maximum Gasteiger partial charge on any atom is 0.0471 e. The Morgan fingerprint density at radius 3 is 2.41 bits per heavy atom. The number of rotatable bonds is 8. The Kier molecular flexibility index (Phi) is 7.09. The fourth-order valence-electron chi connectivity index (χ4n) is 2.58. The smallest absolute Gasteiger partial charge is 0.0471 e. The van der Waals surface area contributed by atoms with Crippen molar-refractivity contribution in [2.75, 3.05) is 33.5 Å². The molecule has 0 bridgehead atoms. The second kappa shape index (κ2) is 8.06. The van der Waals surface area contributed by atoms with Gasteiger partial charge >= 0.3 is 0 Å². The van der Waals surface area contributed by atoms with Crippen LogP contribution in [-0.2, 0) is 9.47 Å². The molecular formula is C14H29NO2. The first-order valence-electron chi connectivity index (χ1n) is 7.06. The fourth-order valence-corrected chi connectivity index (χ4v) is 2.58. The van der Waals surface area contributed by atoms with Crippen molar-refractivity contribution < 1.29 is 9.47 Å². The van der Waals surface area contributed by atoms with Gasteiger partial charge in [0.1, 0.15) is 0 Å². The highest BCUT2D eigenvalue weighted by Gasteiger charge is 2.32. The van der Waals surface area contributed by atoms with Crippen LogP contribution in [0.3, 0.4) is 0 Å². The van der Waals surface area contributed by atoms with E-state index in [0.717, 1.165) is 32.8 Å². The topological polar surface area (TPSA) is 30.5 Å². The lowest BCUT2D eigenvalue weighted by atomic mass is 9.77. The number of methoxy groups -OCH3 is 1. The molecule has 3 heteroatoms. The monoisotopic (exact) mass is 243 g/mol. The maximum absolute atomic E-state index is 5.50. The van der Waals surface area contributed by atoms with E-state index in [1.165, 1.54) is 25.7 Å². The van der Waals surface area contributed by atoms with Crippen LogP contribution >= 0.6 is 0 Å². The van der Waals surface area contributed by atoms with Crippen LogP contribution in [0.5, 0.6) is 0 Å². The van der Waals surface area contributed by atoms with Gasteiger partial charge in [0.25, 0.3) is 0 Å². The molecule has 0 radical (unpaired) electrons. The summed E-state index contributed by atoms with van der Waals surface area (Å²) < 4.78 is 10.8. The first kappa shape index (κ1) is 14.9. The average molecular weight is 243 g/mol. The molecule has 1 heterocycles. The molecule has 0 spiro atoms. The summed E-state index contributed by atoms with van der Waals surface area (Å²) in [7, 11) is 1.79. The van der Waals surface area contributed by atoms with E-state index in [0.29, 0.717) is 11.5 Å². The van der Waals surface area contributed by atoms with Gasteiger partial charge in [0.15, 0.2) is 0 Å². The minimum atomic E-state index is 0.400. The highest BCUT2D eigenvalue weighted by molar-refractivity contribution is 4.85. The SMILES string of the molecule is CCC(CC)NCC1(CCOC)CCOCC1. The first-order chi connectivity index (χ1) is 8.26. The second-order valence-electron chi connectivity index (χ2n) is 5.25. The Labute approximate surface area is 106 Å². The quantitative estimate of drug-likeness (QED) is 0.711. The Morgan fingerprint density at radius 2 is 1.88 bits per heavy atom. The molecule has 1 aliphatic rings. The third kappa shape index (κ3) is 4.94. The van der Waals surface area contributed by atoms with Crippen LogP contribution in [-0.4, -0.2) is 39.5 Å². The third-order valence-electron chi connectivity index (χ3n) is 4.14. The average Bonchev–Trinajstić information content (AvgIpc) is 2.39. The molecule has 102 valence electrons. The number of nitrogens with one attached hydrogen (secondary N) is 1. The zero-order chi connectivity index (χ0) is 12.6. The molecule has 0 aromatic rings. The van der Waals surface area contributed by atoms with Gasteiger partial charge in [-0.25, -0.2) is 0 Å². The number of hydrogen-bond acceptors (Lipinski definition) is 3. The van der Waals surface area contributed by atoms with E-state index < -0.39 is 0 Å². The Morgan fingerprint density at radius 1 is 1.24 bits per heavy atom. The molecule has 0 saturated carbocycles. The molecule has 1 fully saturated rings. The summed E-state index contributed by atoms with van der Waals surface area (Å²) in [5.74, 6) is 0. The van der Waals surface area contributed by atoms with Gasteiger partial charge in [-0.15, -0.1) is 0 Å². The summed E-state index contributed by atoms with van der Waals surface area (Å²) in [6.07, 6.45) is 5.92. The molecule has 1 N–H and O–H groups in total. The Bertz CT molecular complexity index is 187. The van der Waals surface area contributed by atoms with Crippen LogP contribution in [0, 0.1) is 5.41 Å². The predicted molar refractivity (Wildman–Crippen MR) is 71.4 cm³/mol. The molecule has 1 aliphatic heterocycles. The van der Waals surface area contributed by atoms with Crippen molar-refractivity contribution in [1.29, 1.82) is 0 Å². The highest BCUT2D eigenvalue weighted by Crippen LogP contribution is 2.33. The molecule has 17 heavy (non-hydrogen) atoms. The summed E-state index contributed by atoms with van der Waals surface area (Å²) in [5, 5.41) is 3.73. The van der Waals surface area contributed by atoms with Crippen LogP contribution in [0.2, 0.25) is 0 Å². The van der Waals surface area contributed by atoms with Crippen LogP contribution in [0.15, 0.2) is 0 Å². The van der Waals surface area contributed by atoms with Gasteiger partial charge in [-0.3, -0.25) is 0 Å². The predicted octanol–water partition coefficient (Wildman–Crippen LogP) is 2.60. The van der Waals surface area contributed by atoms with Gasteiger partial charge in [0.05, 0.1) is 0 Å². The van der Waals surface area contributed by atoms with Gasteiger partial charge in [0.2, 0.25) is 0 Å². The fraction of sp³-hybridized carbons (Fsp3) is 1.00. The summed E-state index contributed by atoms with van der Waals surface area (Å²) >= 11 is 0. The summed E-state index contributed by atoms with van der Waals surface area (Å²) in [6.45, 7) is 8.32. The second-order valence-corrected chi connectivity index (χ2v) is 5.25. The minimum absolute atomic E-state index is 0.400. The van der Waals surface area contributed by atoms with Gasteiger partial charge in [-0.05, 0) is 37.5 Å². The van der Waals surface area contributed by atoms with Crippen LogP contribution in [0.25, 0.3) is 0 Å². The van der Waals surface area contributed by atoms with E-state index in [9.17, 15) is 0 Å². The van der Waals surface area contributed by atoms with E-state index >= 15 is 0 Å². The molecular weight excluding hydrogens is 214 g/mol. The molecule has 0 aromatic carbocycles. The van der Waals surface area contributed by atoms with Crippen molar-refractivity contribution >= 4 is 0 Å². The largest absolute Gasteiger partial charge is 0.385 e. The van der Waals surface area contributed by atoms with Crippen molar-refractivity contribution in [3.8, 4) is 0 Å². The van der Waals surface area contributed by atoms with E-state index in [1.807, 2.05) is 0 Å². The molecule has 0 amide bonds. The summed E-state index contributed by atoms with van der Waals surface area (Å²) in [5.41, 5.74) is 0.400. The standard InChI is InChI=1S/C14H29NO2/c1-4-13(5-2)15-12-14(6-9-16-3)7-10-17-11-8-14/h13,15H,4-12H2,1-3H3. The minimum Gasteiger partial charge on any atom is -0.385 e. The van der Waals surface area contributed by atoms with E-state index in [4.69, 9.17) is 9.47 Å².